The summed E-state index contributed by atoms with van der Waals surface area (Å²) in [4.78, 5) is 27.9. The summed E-state index contributed by atoms with van der Waals surface area (Å²) in [5.41, 5.74) is 3.38. The Labute approximate surface area is 179 Å². The number of hydrogen-bond acceptors (Lipinski definition) is 6. The fourth-order valence-electron chi connectivity index (χ4n) is 4.48. The molecule has 4 heterocycles. The molecule has 0 spiro atoms. The lowest BCUT2D eigenvalue weighted by Crippen LogP contribution is -2.66. The van der Waals surface area contributed by atoms with Crippen LogP contribution in [-0.4, -0.2) is 61.4 Å². The number of piperidine rings is 1. The van der Waals surface area contributed by atoms with Gasteiger partial charge in [0.1, 0.15) is 17.1 Å². The van der Waals surface area contributed by atoms with Gasteiger partial charge in [0.2, 0.25) is 5.95 Å². The van der Waals surface area contributed by atoms with Crippen LogP contribution in [0.4, 0.5) is 10.3 Å². The van der Waals surface area contributed by atoms with Crippen LogP contribution >= 0.6 is 0 Å². The fraction of sp³-hybridized carbons (Fsp3) is 0.409. The second kappa shape index (κ2) is 7.40. The van der Waals surface area contributed by atoms with Gasteiger partial charge in [-0.3, -0.25) is 4.79 Å². The number of amides is 1. The number of benzene rings is 1. The van der Waals surface area contributed by atoms with Crippen LogP contribution in [0.2, 0.25) is 0 Å². The second-order valence-electron chi connectivity index (χ2n) is 8.29. The van der Waals surface area contributed by atoms with Gasteiger partial charge in [-0.15, -0.1) is 0 Å². The van der Waals surface area contributed by atoms with Crippen LogP contribution in [0, 0.1) is 32.5 Å². The van der Waals surface area contributed by atoms with Crippen LogP contribution in [0.15, 0.2) is 30.6 Å². The van der Waals surface area contributed by atoms with Gasteiger partial charge in [-0.05, 0) is 44.9 Å². The van der Waals surface area contributed by atoms with Crippen molar-refractivity contribution in [2.75, 3.05) is 24.5 Å². The minimum absolute atomic E-state index is 0.00445. The Kier molecular flexibility index (Phi) is 4.68. The highest BCUT2D eigenvalue weighted by Crippen LogP contribution is 2.36. The lowest BCUT2D eigenvalue weighted by Gasteiger charge is -2.53. The molecule has 0 N–H and O–H groups in total. The summed E-state index contributed by atoms with van der Waals surface area (Å²) in [5.74, 6) is 0.214. The average molecular weight is 421 g/mol. The number of likely N-dealkylation sites (tertiary alicyclic amines) is 1. The molecule has 160 valence electrons. The molecule has 0 saturated carbocycles. The van der Waals surface area contributed by atoms with Gasteiger partial charge in [0, 0.05) is 36.9 Å². The van der Waals surface area contributed by atoms with Gasteiger partial charge in [0.25, 0.3) is 5.91 Å². The van der Waals surface area contributed by atoms with E-state index in [-0.39, 0.29) is 17.5 Å². The molecule has 1 aromatic carbocycles. The van der Waals surface area contributed by atoms with E-state index in [1.54, 1.807) is 17.0 Å². The molecular formula is C22H24FN7O. The fourth-order valence-corrected chi connectivity index (χ4v) is 4.48. The molecule has 2 saturated heterocycles. The van der Waals surface area contributed by atoms with Crippen LogP contribution in [0.5, 0.6) is 0 Å². The van der Waals surface area contributed by atoms with Crippen molar-refractivity contribution in [1.29, 1.82) is 0 Å². The summed E-state index contributed by atoms with van der Waals surface area (Å²) >= 11 is 0. The summed E-state index contributed by atoms with van der Waals surface area (Å²) in [6, 6.07) is 4.53. The van der Waals surface area contributed by atoms with E-state index in [2.05, 4.69) is 25.1 Å². The largest absolute Gasteiger partial charge is 0.339 e. The summed E-state index contributed by atoms with van der Waals surface area (Å²) in [6.07, 6.45) is 3.96. The number of aryl methyl sites for hydroxylation is 2. The molecule has 0 aliphatic carbocycles. The third kappa shape index (κ3) is 3.24. The second-order valence-corrected chi connectivity index (χ2v) is 8.29. The standard InChI is InChI=1S/C22H24FN7O/c1-13-14(2)26-22(27-15(13)3)28-10-7-16-11-29(19(16)12-28)21(31)20-17(23)5-4-6-18(20)30-24-8-9-25-30/h4-6,8-9,16,19H,7,10-12H2,1-3H3. The Hall–Kier alpha value is -3.36. The van der Waals surface area contributed by atoms with Crippen molar-refractivity contribution in [3.63, 3.8) is 0 Å². The lowest BCUT2D eigenvalue weighted by atomic mass is 9.81. The zero-order chi connectivity index (χ0) is 21.7. The molecule has 2 aliphatic heterocycles. The number of rotatable bonds is 3. The van der Waals surface area contributed by atoms with Crippen LogP contribution in [0.25, 0.3) is 5.69 Å². The molecule has 2 aromatic heterocycles. The van der Waals surface area contributed by atoms with Gasteiger partial charge in [-0.25, -0.2) is 14.4 Å². The maximum absolute atomic E-state index is 14.8. The van der Waals surface area contributed by atoms with Crippen molar-refractivity contribution in [2.24, 2.45) is 5.92 Å². The highest BCUT2D eigenvalue weighted by molar-refractivity contribution is 5.98. The zero-order valence-corrected chi connectivity index (χ0v) is 17.8. The molecule has 2 fully saturated rings. The van der Waals surface area contributed by atoms with Crippen LogP contribution in [0.3, 0.4) is 0 Å². The molecule has 8 nitrogen and oxygen atoms in total. The van der Waals surface area contributed by atoms with E-state index < -0.39 is 5.82 Å². The normalized spacial score (nSPS) is 20.4. The van der Waals surface area contributed by atoms with Crippen molar-refractivity contribution >= 4 is 11.9 Å². The summed E-state index contributed by atoms with van der Waals surface area (Å²) < 4.78 is 14.8. The maximum atomic E-state index is 14.8. The zero-order valence-electron chi connectivity index (χ0n) is 17.8. The Morgan fingerprint density at radius 1 is 1.06 bits per heavy atom. The molecule has 1 amide bonds. The average Bonchev–Trinajstić information content (AvgIpc) is 3.27. The summed E-state index contributed by atoms with van der Waals surface area (Å²) in [5, 5.41) is 8.15. The third-order valence-electron chi connectivity index (χ3n) is 6.56. The first-order valence-electron chi connectivity index (χ1n) is 10.5. The Morgan fingerprint density at radius 2 is 1.77 bits per heavy atom. The molecule has 2 aliphatic rings. The van der Waals surface area contributed by atoms with Gasteiger partial charge in [0.05, 0.1) is 18.4 Å². The minimum atomic E-state index is -0.566. The van der Waals surface area contributed by atoms with Crippen LogP contribution in [0.1, 0.15) is 33.7 Å². The number of fused-ring (bicyclic) bond motifs is 1. The van der Waals surface area contributed by atoms with E-state index in [1.165, 1.54) is 23.3 Å². The predicted octanol–water partition coefficient (Wildman–Crippen LogP) is 2.47. The van der Waals surface area contributed by atoms with Crippen molar-refractivity contribution in [3.8, 4) is 5.69 Å². The van der Waals surface area contributed by atoms with E-state index in [9.17, 15) is 9.18 Å². The lowest BCUT2D eigenvalue weighted by molar-refractivity contribution is 0.00728. The van der Waals surface area contributed by atoms with E-state index in [0.29, 0.717) is 30.6 Å². The molecule has 0 radical (unpaired) electrons. The molecule has 2 atom stereocenters. The van der Waals surface area contributed by atoms with Gasteiger partial charge in [0.15, 0.2) is 0 Å². The number of hydrogen-bond donors (Lipinski definition) is 0. The SMILES string of the molecule is Cc1nc(N2CCC3CN(C(=O)c4c(F)cccc4-n4nccn4)C3C2)nc(C)c1C. The summed E-state index contributed by atoms with van der Waals surface area (Å²) in [6.45, 7) is 8.12. The first-order chi connectivity index (χ1) is 14.9. The van der Waals surface area contributed by atoms with Gasteiger partial charge >= 0.3 is 0 Å². The van der Waals surface area contributed by atoms with Gasteiger partial charge < -0.3 is 9.80 Å². The third-order valence-corrected chi connectivity index (χ3v) is 6.56. The highest BCUT2D eigenvalue weighted by Gasteiger charge is 2.46. The van der Waals surface area contributed by atoms with E-state index in [0.717, 1.165) is 29.9 Å². The smallest absolute Gasteiger partial charge is 0.259 e. The number of nitrogens with zero attached hydrogens (tertiary/aromatic N) is 7. The highest BCUT2D eigenvalue weighted by atomic mass is 19.1. The Balaban J connectivity index is 1.41. The van der Waals surface area contributed by atoms with Gasteiger partial charge in [-0.2, -0.15) is 15.0 Å². The van der Waals surface area contributed by atoms with Crippen molar-refractivity contribution in [1.82, 2.24) is 29.9 Å². The first-order valence-corrected chi connectivity index (χ1v) is 10.5. The number of halogens is 1. The minimum Gasteiger partial charge on any atom is -0.339 e. The summed E-state index contributed by atoms with van der Waals surface area (Å²) in [7, 11) is 0. The monoisotopic (exact) mass is 421 g/mol. The topological polar surface area (TPSA) is 80.0 Å². The van der Waals surface area contributed by atoms with Crippen molar-refractivity contribution < 1.29 is 9.18 Å². The number of carbonyl (C=O) groups is 1. The van der Waals surface area contributed by atoms with Crippen LogP contribution < -0.4 is 4.90 Å². The quantitative estimate of drug-likeness (QED) is 0.646. The molecule has 2 unspecified atom stereocenters. The van der Waals surface area contributed by atoms with Crippen molar-refractivity contribution in [2.45, 2.75) is 33.2 Å². The molecule has 5 rings (SSSR count). The van der Waals surface area contributed by atoms with Crippen LogP contribution in [-0.2, 0) is 0 Å². The molecular weight excluding hydrogens is 397 g/mol. The van der Waals surface area contributed by atoms with E-state index >= 15 is 0 Å². The molecule has 0 bridgehead atoms. The molecule has 3 aromatic rings. The molecule has 9 heteroatoms. The number of anilines is 1. The van der Waals surface area contributed by atoms with Gasteiger partial charge in [-0.1, -0.05) is 6.07 Å². The first kappa shape index (κ1) is 19.6. The Bertz CT molecular complexity index is 1120. The van der Waals surface area contributed by atoms with Crippen molar-refractivity contribution in [3.05, 3.63) is 58.9 Å². The van der Waals surface area contributed by atoms with E-state index in [1.807, 2.05) is 20.8 Å². The number of carbonyl (C=O) groups excluding carboxylic acids is 1. The van der Waals surface area contributed by atoms with E-state index in [4.69, 9.17) is 0 Å². The predicted molar refractivity (Wildman–Crippen MR) is 113 cm³/mol. The maximum Gasteiger partial charge on any atom is 0.259 e. The Morgan fingerprint density at radius 3 is 2.48 bits per heavy atom. The molecule has 31 heavy (non-hydrogen) atoms. The number of aromatic nitrogens is 5.